The molecular weight excluding hydrogens is 226 g/mol. The van der Waals surface area contributed by atoms with E-state index < -0.39 is 0 Å². The molecule has 0 fully saturated rings. The zero-order valence-electron chi connectivity index (χ0n) is 11.1. The Morgan fingerprint density at radius 1 is 1.47 bits per heavy atom. The van der Waals surface area contributed by atoms with Crippen LogP contribution >= 0.6 is 11.3 Å². The number of hydrogen-bond donors (Lipinski definition) is 0. The van der Waals surface area contributed by atoms with Crippen molar-refractivity contribution in [3.05, 3.63) is 27.5 Å². The van der Waals surface area contributed by atoms with Crippen molar-refractivity contribution in [2.45, 2.75) is 34.2 Å². The van der Waals surface area contributed by atoms with Crippen LogP contribution in [0.2, 0.25) is 0 Å². The van der Waals surface area contributed by atoms with Crippen molar-refractivity contribution in [1.29, 1.82) is 0 Å². The first-order valence-corrected chi connectivity index (χ1v) is 6.85. The number of nitrogens with zero attached hydrogens (tertiary/aromatic N) is 1. The fourth-order valence-corrected chi connectivity index (χ4v) is 3.49. The molecule has 1 aliphatic heterocycles. The van der Waals surface area contributed by atoms with Gasteiger partial charge in [0, 0.05) is 34.8 Å². The van der Waals surface area contributed by atoms with Gasteiger partial charge in [0.25, 0.3) is 0 Å². The summed E-state index contributed by atoms with van der Waals surface area (Å²) in [7, 11) is 0. The predicted octanol–water partition coefficient (Wildman–Crippen LogP) is 3.87. The second-order valence-electron chi connectivity index (χ2n) is 4.94. The molecule has 0 saturated heterocycles. The Morgan fingerprint density at radius 2 is 2.18 bits per heavy atom. The van der Waals surface area contributed by atoms with E-state index in [4.69, 9.17) is 0 Å². The highest BCUT2D eigenvalue weighted by atomic mass is 32.1. The van der Waals surface area contributed by atoms with Crippen molar-refractivity contribution in [3.8, 4) is 11.8 Å². The maximum atomic E-state index is 4.25. The minimum absolute atomic E-state index is 0.667. The zero-order valence-corrected chi connectivity index (χ0v) is 11.9. The molecule has 0 aromatic carbocycles. The van der Waals surface area contributed by atoms with Gasteiger partial charge in [-0.25, -0.2) is 0 Å². The molecule has 0 N–H and O–H groups in total. The van der Waals surface area contributed by atoms with Gasteiger partial charge in [0.2, 0.25) is 0 Å². The third-order valence-corrected chi connectivity index (χ3v) is 4.09. The number of fused-ring (bicyclic) bond motifs is 1. The first kappa shape index (κ1) is 12.3. The molecule has 0 atom stereocenters. The van der Waals surface area contributed by atoms with E-state index in [-0.39, 0.29) is 0 Å². The van der Waals surface area contributed by atoms with Crippen LogP contribution in [0.25, 0.3) is 5.70 Å². The van der Waals surface area contributed by atoms with Gasteiger partial charge in [-0.15, -0.1) is 17.3 Å². The van der Waals surface area contributed by atoms with Gasteiger partial charge in [-0.3, -0.25) is 0 Å². The Bertz CT molecular complexity index is 511. The van der Waals surface area contributed by atoms with E-state index in [9.17, 15) is 0 Å². The van der Waals surface area contributed by atoms with Crippen LogP contribution in [0.3, 0.4) is 0 Å². The minimum Gasteiger partial charge on any atom is -0.367 e. The smallest absolute Gasteiger partial charge is 0.0827 e. The summed E-state index contributed by atoms with van der Waals surface area (Å²) < 4.78 is 0. The second kappa shape index (κ2) is 4.58. The average molecular weight is 245 g/mol. The highest BCUT2D eigenvalue weighted by Crippen LogP contribution is 2.40. The molecule has 1 aromatic rings. The number of aryl methyl sites for hydroxylation is 1. The van der Waals surface area contributed by atoms with Crippen molar-refractivity contribution < 1.29 is 0 Å². The van der Waals surface area contributed by atoms with E-state index in [1.807, 2.05) is 6.92 Å². The molecule has 1 aliphatic rings. The summed E-state index contributed by atoms with van der Waals surface area (Å²) in [5.41, 5.74) is 3.94. The van der Waals surface area contributed by atoms with Crippen molar-refractivity contribution in [3.63, 3.8) is 0 Å². The average Bonchev–Trinajstić information content (AvgIpc) is 2.69. The second-order valence-corrected chi connectivity index (χ2v) is 6.16. The highest BCUT2D eigenvalue weighted by molar-refractivity contribution is 7.13. The fraction of sp³-hybridized carbons (Fsp3) is 0.467. The van der Waals surface area contributed by atoms with E-state index in [2.05, 4.69) is 44.1 Å². The van der Waals surface area contributed by atoms with Crippen LogP contribution in [0.5, 0.6) is 0 Å². The maximum Gasteiger partial charge on any atom is 0.0827 e. The van der Waals surface area contributed by atoms with Crippen LogP contribution in [0.15, 0.2) is 6.58 Å². The lowest BCUT2D eigenvalue weighted by Gasteiger charge is -2.22. The number of rotatable bonds is 2. The summed E-state index contributed by atoms with van der Waals surface area (Å²) in [4.78, 5) is 4.97. The Labute approximate surface area is 108 Å². The molecule has 0 saturated carbocycles. The van der Waals surface area contributed by atoms with E-state index in [0.29, 0.717) is 5.92 Å². The summed E-state index contributed by atoms with van der Waals surface area (Å²) in [5.74, 6) is 6.90. The first-order chi connectivity index (χ1) is 8.04. The molecule has 2 rings (SSSR count). The van der Waals surface area contributed by atoms with Gasteiger partial charge in [-0.1, -0.05) is 26.3 Å². The Morgan fingerprint density at radius 3 is 2.76 bits per heavy atom. The molecule has 0 amide bonds. The summed E-state index contributed by atoms with van der Waals surface area (Å²) >= 11 is 1.80. The van der Waals surface area contributed by atoms with Crippen molar-refractivity contribution in [1.82, 2.24) is 4.90 Å². The summed E-state index contributed by atoms with van der Waals surface area (Å²) in [6.07, 6.45) is 0. The Kier molecular flexibility index (Phi) is 3.31. The van der Waals surface area contributed by atoms with Crippen molar-refractivity contribution in [2.75, 3.05) is 6.54 Å². The van der Waals surface area contributed by atoms with Gasteiger partial charge in [0.1, 0.15) is 0 Å². The molecule has 2 heteroatoms. The Hall–Kier alpha value is -1.20. The lowest BCUT2D eigenvalue weighted by molar-refractivity contribution is 0.357. The predicted molar refractivity (Wildman–Crippen MR) is 75.9 cm³/mol. The molecule has 1 aromatic heterocycles. The van der Waals surface area contributed by atoms with E-state index in [0.717, 1.165) is 13.1 Å². The van der Waals surface area contributed by atoms with Crippen molar-refractivity contribution >= 4 is 17.0 Å². The highest BCUT2D eigenvalue weighted by Gasteiger charge is 2.28. The molecule has 0 unspecified atom stereocenters. The van der Waals surface area contributed by atoms with Gasteiger partial charge in [-0.2, -0.15) is 0 Å². The van der Waals surface area contributed by atoms with Crippen LogP contribution < -0.4 is 0 Å². The molecule has 2 heterocycles. The van der Waals surface area contributed by atoms with Crippen LogP contribution in [-0.2, 0) is 6.54 Å². The summed E-state index contributed by atoms with van der Waals surface area (Å²) in [6.45, 7) is 14.9. The first-order valence-electron chi connectivity index (χ1n) is 6.03. The number of thiophene rings is 1. The summed E-state index contributed by atoms with van der Waals surface area (Å²) in [6, 6.07) is 0. The number of hydrogen-bond acceptors (Lipinski definition) is 2. The molecule has 90 valence electrons. The lowest BCUT2D eigenvalue weighted by Crippen LogP contribution is -2.20. The maximum absolute atomic E-state index is 4.25. The molecular formula is C15H19NS. The van der Waals surface area contributed by atoms with Gasteiger partial charge in [0.05, 0.1) is 4.88 Å². The summed E-state index contributed by atoms with van der Waals surface area (Å²) in [5, 5.41) is 0. The van der Waals surface area contributed by atoms with Crippen LogP contribution in [0.1, 0.15) is 41.7 Å². The third-order valence-electron chi connectivity index (χ3n) is 3.03. The topological polar surface area (TPSA) is 3.24 Å². The van der Waals surface area contributed by atoms with Crippen molar-refractivity contribution in [2.24, 2.45) is 5.92 Å². The van der Waals surface area contributed by atoms with E-state index in [1.54, 1.807) is 11.3 Å². The SMILES string of the molecule is C=C1c2c(C)sc(C#CC)c2CN1CC(C)C. The van der Waals surface area contributed by atoms with E-state index in [1.165, 1.54) is 26.6 Å². The largest absolute Gasteiger partial charge is 0.367 e. The molecule has 0 bridgehead atoms. The molecule has 0 radical (unpaired) electrons. The normalized spacial score (nSPS) is 13.9. The van der Waals surface area contributed by atoms with Crippen LogP contribution in [0, 0.1) is 24.7 Å². The van der Waals surface area contributed by atoms with Crippen LogP contribution in [0.4, 0.5) is 0 Å². The lowest BCUT2D eigenvalue weighted by atomic mass is 10.1. The quantitative estimate of drug-likeness (QED) is 0.715. The van der Waals surface area contributed by atoms with Gasteiger partial charge in [0.15, 0.2) is 0 Å². The monoisotopic (exact) mass is 245 g/mol. The van der Waals surface area contributed by atoms with Crippen LogP contribution in [-0.4, -0.2) is 11.4 Å². The van der Waals surface area contributed by atoms with Gasteiger partial charge >= 0.3 is 0 Å². The molecule has 1 nitrogen and oxygen atoms in total. The third kappa shape index (κ3) is 2.12. The molecule has 0 spiro atoms. The Balaban J connectivity index is 2.37. The zero-order chi connectivity index (χ0) is 12.6. The van der Waals surface area contributed by atoms with Gasteiger partial charge < -0.3 is 4.90 Å². The van der Waals surface area contributed by atoms with Gasteiger partial charge in [-0.05, 0) is 19.8 Å². The molecule has 17 heavy (non-hydrogen) atoms. The van der Waals surface area contributed by atoms with E-state index >= 15 is 0 Å². The molecule has 0 aliphatic carbocycles. The fourth-order valence-electron chi connectivity index (χ4n) is 2.39. The standard InChI is InChI=1S/C15H19NS/c1-6-7-14-13-9-16(8-10(2)3)11(4)15(13)12(5)17-14/h10H,4,8-9H2,1-3,5H3. The minimum atomic E-state index is 0.667.